The molecule has 0 radical (unpaired) electrons. The van der Waals surface area contributed by atoms with Gasteiger partial charge in [0.1, 0.15) is 4.90 Å². The number of rotatable bonds is 8. The molecule has 0 saturated carbocycles. The van der Waals surface area contributed by atoms with E-state index in [2.05, 4.69) is 10.4 Å². The number of aromatic nitrogens is 2. The fourth-order valence-corrected chi connectivity index (χ4v) is 5.41. The molecule has 3 heterocycles. The van der Waals surface area contributed by atoms with E-state index in [4.69, 9.17) is 9.47 Å². The van der Waals surface area contributed by atoms with E-state index in [1.165, 1.54) is 10.5 Å². The molecule has 0 aromatic carbocycles. The highest BCUT2D eigenvalue weighted by Gasteiger charge is 2.40. The number of nitrogens with zero attached hydrogens (tertiary/aromatic N) is 3. The molecule has 2 aliphatic heterocycles. The Labute approximate surface area is 172 Å². The van der Waals surface area contributed by atoms with Gasteiger partial charge >= 0.3 is 0 Å². The van der Waals surface area contributed by atoms with Crippen LogP contribution >= 0.6 is 0 Å². The Morgan fingerprint density at radius 1 is 1.34 bits per heavy atom. The highest BCUT2D eigenvalue weighted by molar-refractivity contribution is 7.89. The first kappa shape index (κ1) is 22.2. The average Bonchev–Trinajstić information content (AvgIpc) is 3.24. The van der Waals surface area contributed by atoms with Crippen molar-refractivity contribution in [3.8, 4) is 0 Å². The van der Waals surface area contributed by atoms with Crippen LogP contribution in [-0.2, 0) is 30.8 Å². The van der Waals surface area contributed by atoms with E-state index < -0.39 is 15.6 Å². The van der Waals surface area contributed by atoms with Gasteiger partial charge in [-0.3, -0.25) is 9.48 Å². The number of hydrogen-bond acceptors (Lipinski definition) is 6. The van der Waals surface area contributed by atoms with E-state index >= 15 is 0 Å². The van der Waals surface area contributed by atoms with E-state index in [0.717, 1.165) is 12.8 Å². The lowest BCUT2D eigenvalue weighted by atomic mass is 9.84. The fourth-order valence-electron chi connectivity index (χ4n) is 4.01. The van der Waals surface area contributed by atoms with Gasteiger partial charge in [0.15, 0.2) is 0 Å². The number of amides is 1. The minimum absolute atomic E-state index is 0.0372. The maximum Gasteiger partial charge on any atom is 0.246 e. The van der Waals surface area contributed by atoms with Gasteiger partial charge in [0.05, 0.1) is 6.20 Å². The SMILES string of the molecule is CCn1cc(S(=O)(=O)N2CCC(CCOC)(NC(=O)C3CCOCC3)CC2)cn1. The van der Waals surface area contributed by atoms with Gasteiger partial charge in [-0.1, -0.05) is 0 Å². The summed E-state index contributed by atoms with van der Waals surface area (Å²) in [4.78, 5) is 13.0. The third kappa shape index (κ3) is 5.17. The number of piperidine rings is 1. The number of aryl methyl sites for hydroxylation is 1. The molecule has 0 bridgehead atoms. The minimum Gasteiger partial charge on any atom is -0.385 e. The van der Waals surface area contributed by atoms with Crippen LogP contribution in [0.3, 0.4) is 0 Å². The monoisotopic (exact) mass is 428 g/mol. The molecule has 1 aromatic rings. The lowest BCUT2D eigenvalue weighted by Crippen LogP contribution is -2.57. The second-order valence-electron chi connectivity index (χ2n) is 7.83. The number of hydrogen-bond donors (Lipinski definition) is 1. The summed E-state index contributed by atoms with van der Waals surface area (Å²) in [5.74, 6) is 0.00903. The van der Waals surface area contributed by atoms with Crippen molar-refractivity contribution in [3.05, 3.63) is 12.4 Å². The molecule has 0 aliphatic carbocycles. The zero-order valence-electron chi connectivity index (χ0n) is 17.3. The van der Waals surface area contributed by atoms with Crippen molar-refractivity contribution in [2.75, 3.05) is 40.0 Å². The Bertz CT molecular complexity index is 780. The van der Waals surface area contributed by atoms with Crippen LogP contribution in [0.5, 0.6) is 0 Å². The quantitative estimate of drug-likeness (QED) is 0.663. The van der Waals surface area contributed by atoms with Crippen LogP contribution in [0.4, 0.5) is 0 Å². The van der Waals surface area contributed by atoms with Crippen LogP contribution in [-0.4, -0.2) is 74.0 Å². The second-order valence-corrected chi connectivity index (χ2v) is 9.77. The molecule has 164 valence electrons. The normalized spacial score (nSPS) is 21.2. The first-order valence-electron chi connectivity index (χ1n) is 10.3. The van der Waals surface area contributed by atoms with Crippen molar-refractivity contribution < 1.29 is 22.7 Å². The molecular formula is C19H32N4O5S. The van der Waals surface area contributed by atoms with Gasteiger partial charge in [-0.05, 0) is 39.0 Å². The molecule has 0 unspecified atom stereocenters. The first-order chi connectivity index (χ1) is 13.9. The van der Waals surface area contributed by atoms with Gasteiger partial charge < -0.3 is 14.8 Å². The molecule has 2 fully saturated rings. The van der Waals surface area contributed by atoms with Crippen LogP contribution in [0, 0.1) is 5.92 Å². The summed E-state index contributed by atoms with van der Waals surface area (Å²) in [7, 11) is -1.94. The first-order valence-corrected chi connectivity index (χ1v) is 11.8. The van der Waals surface area contributed by atoms with Crippen LogP contribution in [0.1, 0.15) is 39.0 Å². The third-order valence-electron chi connectivity index (χ3n) is 6.02. The van der Waals surface area contributed by atoms with Crippen LogP contribution < -0.4 is 5.32 Å². The lowest BCUT2D eigenvalue weighted by molar-refractivity contribution is -0.130. The number of carbonyl (C=O) groups is 1. The Kier molecular flexibility index (Phi) is 7.31. The summed E-state index contributed by atoms with van der Waals surface area (Å²) in [5, 5.41) is 7.33. The van der Waals surface area contributed by atoms with Gasteiger partial charge in [-0.25, -0.2) is 8.42 Å². The summed E-state index contributed by atoms with van der Waals surface area (Å²) < 4.78 is 39.6. The highest BCUT2D eigenvalue weighted by Crippen LogP contribution is 2.30. The van der Waals surface area contributed by atoms with Crippen molar-refractivity contribution >= 4 is 15.9 Å². The summed E-state index contributed by atoms with van der Waals surface area (Å²) in [6, 6.07) is 0. The largest absolute Gasteiger partial charge is 0.385 e. The molecule has 1 amide bonds. The molecule has 0 atom stereocenters. The molecule has 2 aliphatic rings. The third-order valence-corrected chi connectivity index (χ3v) is 7.87. The number of methoxy groups -OCH3 is 1. The molecule has 9 nitrogen and oxygen atoms in total. The van der Waals surface area contributed by atoms with Gasteiger partial charge in [-0.2, -0.15) is 9.40 Å². The van der Waals surface area contributed by atoms with E-state index in [1.807, 2.05) is 6.92 Å². The molecular weight excluding hydrogens is 396 g/mol. The molecule has 29 heavy (non-hydrogen) atoms. The van der Waals surface area contributed by atoms with Crippen molar-refractivity contribution in [2.24, 2.45) is 5.92 Å². The predicted molar refractivity (Wildman–Crippen MR) is 107 cm³/mol. The standard InChI is InChI=1S/C19H32N4O5S/c1-3-22-15-17(14-20-22)29(25,26)23-9-6-19(7-10-23,8-13-27-2)21-18(24)16-4-11-28-12-5-16/h14-16H,3-13H2,1-2H3,(H,21,24). The molecule has 1 aromatic heterocycles. The van der Waals surface area contributed by atoms with E-state index in [9.17, 15) is 13.2 Å². The van der Waals surface area contributed by atoms with Crippen molar-refractivity contribution in [1.82, 2.24) is 19.4 Å². The highest BCUT2D eigenvalue weighted by atomic mass is 32.2. The average molecular weight is 429 g/mol. The molecule has 2 saturated heterocycles. The van der Waals surface area contributed by atoms with Crippen molar-refractivity contribution in [1.29, 1.82) is 0 Å². The molecule has 0 spiro atoms. The van der Waals surface area contributed by atoms with E-state index in [0.29, 0.717) is 58.7 Å². The fraction of sp³-hybridized carbons (Fsp3) is 0.789. The predicted octanol–water partition coefficient (Wildman–Crippen LogP) is 1.01. The summed E-state index contributed by atoms with van der Waals surface area (Å²) >= 11 is 0. The van der Waals surface area contributed by atoms with Gasteiger partial charge in [-0.15, -0.1) is 0 Å². The van der Waals surface area contributed by atoms with Crippen LogP contribution in [0.2, 0.25) is 0 Å². The van der Waals surface area contributed by atoms with Gasteiger partial charge in [0.25, 0.3) is 0 Å². The second kappa shape index (κ2) is 9.55. The van der Waals surface area contributed by atoms with Crippen molar-refractivity contribution in [2.45, 2.75) is 56.0 Å². The molecule has 3 rings (SSSR count). The Hall–Kier alpha value is -1.49. The summed E-state index contributed by atoms with van der Waals surface area (Å²) in [6.07, 6.45) is 6.22. The smallest absolute Gasteiger partial charge is 0.246 e. The van der Waals surface area contributed by atoms with Crippen LogP contribution in [0.25, 0.3) is 0 Å². The maximum atomic E-state index is 13.0. The minimum atomic E-state index is -3.58. The van der Waals surface area contributed by atoms with Crippen LogP contribution in [0.15, 0.2) is 17.3 Å². The Morgan fingerprint density at radius 3 is 2.62 bits per heavy atom. The van der Waals surface area contributed by atoms with Gasteiger partial charge in [0.2, 0.25) is 15.9 Å². The lowest BCUT2D eigenvalue weighted by Gasteiger charge is -2.42. The molecule has 1 N–H and O–H groups in total. The zero-order valence-corrected chi connectivity index (χ0v) is 18.1. The zero-order chi connectivity index (χ0) is 20.9. The van der Waals surface area contributed by atoms with E-state index in [-0.39, 0.29) is 16.7 Å². The topological polar surface area (TPSA) is 103 Å². The number of nitrogens with one attached hydrogen (secondary N) is 1. The molecule has 10 heteroatoms. The van der Waals surface area contributed by atoms with Crippen molar-refractivity contribution in [3.63, 3.8) is 0 Å². The summed E-state index contributed by atoms with van der Waals surface area (Å²) in [6.45, 7) is 4.99. The summed E-state index contributed by atoms with van der Waals surface area (Å²) in [5.41, 5.74) is -0.439. The Balaban J connectivity index is 1.67. The maximum absolute atomic E-state index is 13.0. The number of carbonyl (C=O) groups excluding carboxylic acids is 1. The Morgan fingerprint density at radius 2 is 2.03 bits per heavy atom. The van der Waals surface area contributed by atoms with E-state index in [1.54, 1.807) is 18.0 Å². The number of sulfonamides is 1. The van der Waals surface area contributed by atoms with Gasteiger partial charge in [0, 0.05) is 64.2 Å². The number of ether oxygens (including phenoxy) is 2.